The number of methoxy groups -OCH3 is 3. The SMILES string of the molecule is COc1ccc(C2c3cc(OC)c(OC)cc3CCN2C(=O)N[C@@H](CCSC)C(=O)O)cc1. The van der Waals surface area contributed by atoms with Crippen molar-refractivity contribution < 1.29 is 28.9 Å². The fraction of sp³-hybridized carbons (Fsp3) is 0.417. The van der Waals surface area contributed by atoms with E-state index in [1.165, 1.54) is 0 Å². The fourth-order valence-electron chi connectivity index (χ4n) is 4.04. The number of carbonyl (C=O) groups excluding carboxylic acids is 1. The quantitative estimate of drug-likeness (QED) is 0.573. The van der Waals surface area contributed by atoms with Crippen molar-refractivity contribution in [1.82, 2.24) is 10.2 Å². The summed E-state index contributed by atoms with van der Waals surface area (Å²) in [7, 11) is 4.76. The van der Waals surface area contributed by atoms with Crippen LogP contribution in [-0.4, -0.2) is 67.9 Å². The summed E-state index contributed by atoms with van der Waals surface area (Å²) in [6.45, 7) is 0.430. The highest BCUT2D eigenvalue weighted by Gasteiger charge is 2.35. The summed E-state index contributed by atoms with van der Waals surface area (Å²) in [5, 5.41) is 12.3. The molecule has 2 amide bonds. The number of fused-ring (bicyclic) bond motifs is 1. The van der Waals surface area contributed by atoms with Crippen LogP contribution in [0.5, 0.6) is 17.2 Å². The van der Waals surface area contributed by atoms with Gasteiger partial charge in [0, 0.05) is 6.54 Å². The van der Waals surface area contributed by atoms with Gasteiger partial charge in [-0.1, -0.05) is 12.1 Å². The van der Waals surface area contributed by atoms with Crippen LogP contribution in [0.15, 0.2) is 36.4 Å². The summed E-state index contributed by atoms with van der Waals surface area (Å²) in [5.74, 6) is 1.51. The molecule has 1 heterocycles. The van der Waals surface area contributed by atoms with Crippen molar-refractivity contribution in [2.45, 2.75) is 24.9 Å². The Morgan fingerprint density at radius 3 is 2.36 bits per heavy atom. The van der Waals surface area contributed by atoms with Crippen molar-refractivity contribution in [1.29, 1.82) is 0 Å². The summed E-state index contributed by atoms with van der Waals surface area (Å²) in [6.07, 6.45) is 2.87. The first-order valence-corrected chi connectivity index (χ1v) is 12.0. The van der Waals surface area contributed by atoms with Crippen molar-refractivity contribution >= 4 is 23.8 Å². The minimum Gasteiger partial charge on any atom is -0.497 e. The normalized spacial score (nSPS) is 15.9. The van der Waals surface area contributed by atoms with Crippen molar-refractivity contribution in [3.8, 4) is 17.2 Å². The number of carboxylic acids is 1. The molecule has 1 aliphatic rings. The Morgan fingerprint density at radius 1 is 1.12 bits per heavy atom. The van der Waals surface area contributed by atoms with Gasteiger partial charge in [0.25, 0.3) is 0 Å². The summed E-state index contributed by atoms with van der Waals surface area (Å²) in [4.78, 5) is 26.7. The zero-order valence-electron chi connectivity index (χ0n) is 19.3. The minimum atomic E-state index is -1.04. The number of thioether (sulfide) groups is 1. The van der Waals surface area contributed by atoms with Gasteiger partial charge in [0.15, 0.2) is 11.5 Å². The number of nitrogens with one attached hydrogen (secondary N) is 1. The third kappa shape index (κ3) is 5.47. The van der Waals surface area contributed by atoms with Crippen molar-refractivity contribution in [3.63, 3.8) is 0 Å². The van der Waals surface area contributed by atoms with Gasteiger partial charge in [-0.25, -0.2) is 9.59 Å². The van der Waals surface area contributed by atoms with Crippen LogP contribution in [0.25, 0.3) is 0 Å². The lowest BCUT2D eigenvalue weighted by atomic mass is 9.87. The molecule has 0 bridgehead atoms. The molecular formula is C24H30N2O6S. The second kappa shape index (κ2) is 11.2. The molecule has 2 atom stereocenters. The number of hydrogen-bond acceptors (Lipinski definition) is 6. The molecule has 0 radical (unpaired) electrons. The van der Waals surface area contributed by atoms with E-state index in [1.54, 1.807) is 38.0 Å². The van der Waals surface area contributed by atoms with Crippen molar-refractivity contribution in [2.75, 3.05) is 39.9 Å². The van der Waals surface area contributed by atoms with Gasteiger partial charge in [0.1, 0.15) is 11.8 Å². The molecule has 178 valence electrons. The Bertz CT molecular complexity index is 982. The summed E-state index contributed by atoms with van der Waals surface area (Å²) in [5.41, 5.74) is 2.85. The number of hydrogen-bond donors (Lipinski definition) is 2. The van der Waals surface area contributed by atoms with Gasteiger partial charge in [-0.05, 0) is 65.8 Å². The van der Waals surface area contributed by atoms with E-state index in [1.807, 2.05) is 42.7 Å². The van der Waals surface area contributed by atoms with E-state index < -0.39 is 24.1 Å². The fourth-order valence-corrected chi connectivity index (χ4v) is 4.51. The van der Waals surface area contributed by atoms with Gasteiger partial charge in [-0.2, -0.15) is 11.8 Å². The van der Waals surface area contributed by atoms with Crippen LogP contribution in [-0.2, 0) is 11.2 Å². The number of nitrogens with zero attached hydrogens (tertiary/aromatic N) is 1. The van der Waals surface area contributed by atoms with E-state index in [0.717, 1.165) is 16.7 Å². The molecule has 33 heavy (non-hydrogen) atoms. The van der Waals surface area contributed by atoms with Crippen molar-refractivity contribution in [2.24, 2.45) is 0 Å². The molecule has 0 spiro atoms. The Morgan fingerprint density at radius 2 is 1.79 bits per heavy atom. The molecule has 0 aromatic heterocycles. The monoisotopic (exact) mass is 474 g/mol. The van der Waals surface area contributed by atoms with Gasteiger partial charge in [-0.3, -0.25) is 0 Å². The van der Waals surface area contributed by atoms with E-state index in [0.29, 0.717) is 42.4 Å². The molecule has 8 nitrogen and oxygen atoms in total. The number of rotatable bonds is 9. The maximum Gasteiger partial charge on any atom is 0.326 e. The van der Waals surface area contributed by atoms with Crippen LogP contribution >= 0.6 is 11.8 Å². The van der Waals surface area contributed by atoms with E-state index in [4.69, 9.17) is 14.2 Å². The lowest BCUT2D eigenvalue weighted by molar-refractivity contribution is -0.139. The summed E-state index contributed by atoms with van der Waals surface area (Å²) >= 11 is 1.54. The van der Waals surface area contributed by atoms with Crippen LogP contribution in [0.1, 0.15) is 29.2 Å². The smallest absolute Gasteiger partial charge is 0.326 e. The molecule has 9 heteroatoms. The molecule has 0 fully saturated rings. The van der Waals surface area contributed by atoms with Crippen LogP contribution in [0.3, 0.4) is 0 Å². The molecule has 2 aromatic rings. The maximum atomic E-state index is 13.3. The van der Waals surface area contributed by atoms with Crippen LogP contribution in [0.4, 0.5) is 4.79 Å². The van der Waals surface area contributed by atoms with Gasteiger partial charge < -0.3 is 29.5 Å². The second-order valence-electron chi connectivity index (χ2n) is 7.65. The molecule has 1 aliphatic heterocycles. The highest BCUT2D eigenvalue weighted by molar-refractivity contribution is 7.98. The number of carboxylic acid groups (broad SMARTS) is 1. The first-order valence-electron chi connectivity index (χ1n) is 10.6. The number of amides is 2. The Balaban J connectivity index is 2.02. The number of ether oxygens (including phenoxy) is 3. The lowest BCUT2D eigenvalue weighted by Crippen LogP contribution is -2.51. The minimum absolute atomic E-state index is 0.352. The molecule has 0 saturated carbocycles. The molecule has 3 rings (SSSR count). The third-order valence-electron chi connectivity index (χ3n) is 5.77. The highest BCUT2D eigenvalue weighted by atomic mass is 32.2. The largest absolute Gasteiger partial charge is 0.497 e. The lowest BCUT2D eigenvalue weighted by Gasteiger charge is -2.38. The number of carbonyl (C=O) groups is 2. The van der Waals surface area contributed by atoms with E-state index in [9.17, 15) is 14.7 Å². The number of aliphatic carboxylic acids is 1. The average Bonchev–Trinajstić information content (AvgIpc) is 2.84. The zero-order chi connectivity index (χ0) is 24.0. The average molecular weight is 475 g/mol. The van der Waals surface area contributed by atoms with Crippen molar-refractivity contribution in [3.05, 3.63) is 53.1 Å². The van der Waals surface area contributed by atoms with Gasteiger partial charge in [-0.15, -0.1) is 0 Å². The first kappa shape index (κ1) is 24.6. The van der Waals surface area contributed by atoms with E-state index >= 15 is 0 Å². The predicted molar refractivity (Wildman–Crippen MR) is 128 cm³/mol. The molecule has 1 unspecified atom stereocenters. The molecular weight excluding hydrogens is 444 g/mol. The Kier molecular flexibility index (Phi) is 8.32. The van der Waals surface area contributed by atoms with Gasteiger partial charge in [0.05, 0.1) is 27.4 Å². The topological polar surface area (TPSA) is 97.3 Å². The third-order valence-corrected chi connectivity index (χ3v) is 6.42. The summed E-state index contributed by atoms with van der Waals surface area (Å²) < 4.78 is 16.3. The van der Waals surface area contributed by atoms with Crippen LogP contribution in [0.2, 0.25) is 0 Å². The number of urea groups is 1. The van der Waals surface area contributed by atoms with E-state index in [2.05, 4.69) is 5.32 Å². The molecule has 2 N–H and O–H groups in total. The summed E-state index contributed by atoms with van der Waals surface area (Å²) in [6, 6.07) is 9.57. The Hall–Kier alpha value is -3.07. The van der Waals surface area contributed by atoms with Crippen LogP contribution < -0.4 is 19.5 Å². The van der Waals surface area contributed by atoms with Gasteiger partial charge in [0.2, 0.25) is 0 Å². The van der Waals surface area contributed by atoms with Gasteiger partial charge >= 0.3 is 12.0 Å². The molecule has 2 aromatic carbocycles. The molecule has 0 aliphatic carbocycles. The van der Waals surface area contributed by atoms with Crippen LogP contribution in [0, 0.1) is 0 Å². The highest BCUT2D eigenvalue weighted by Crippen LogP contribution is 2.41. The van der Waals surface area contributed by atoms with E-state index in [-0.39, 0.29) is 0 Å². The molecule has 0 saturated heterocycles. The standard InChI is InChI=1S/C24H30N2O6S/c1-30-17-7-5-15(6-8-17)22-18-14-21(32-3)20(31-2)13-16(18)9-11-26(22)24(29)25-19(23(27)28)10-12-33-4/h5-8,13-14,19,22H,9-12H2,1-4H3,(H,25,29)(H,27,28)/t19-,22?/m0/s1. The predicted octanol–water partition coefficient (Wildman–Crippen LogP) is 3.58. The second-order valence-corrected chi connectivity index (χ2v) is 8.63. The Labute approximate surface area is 198 Å². The maximum absolute atomic E-state index is 13.3. The first-order chi connectivity index (χ1) is 15.9. The zero-order valence-corrected chi connectivity index (χ0v) is 20.1. The number of benzene rings is 2.